The standard InChI is InChI=1S/C49H60N8O4S4/c1-50(27-29-56(5,6)7)64(58,59)38-19-21-44-46(33-38)62-48(52(44)3)31-36-23-25-54(42-17-13-11-15-40(36)42)35-55-26-24-37(41-16-12-14-18-43(41)55)32-49-53(4)45-22-20-39(34-47(45)63-49)65(60,61)51(2)28-30-57(8,9)10/h11-26,31-34H,27-30,35H2,1-10H3/q+4. The van der Waals surface area contributed by atoms with Gasteiger partial charge in [-0.2, -0.15) is 8.61 Å². The molecular weight excluding hydrogens is 893 g/mol. The second-order valence-corrected chi connectivity index (χ2v) is 25.1. The summed E-state index contributed by atoms with van der Waals surface area (Å²) in [4.78, 5) is 6.68. The molecule has 0 saturated heterocycles. The second-order valence-electron chi connectivity index (χ2n) is 18.9. The predicted octanol–water partition coefficient (Wildman–Crippen LogP) is 6.81. The van der Waals surface area contributed by atoms with E-state index in [-0.39, 0.29) is 0 Å². The molecule has 340 valence electrons. The lowest BCUT2D eigenvalue weighted by Gasteiger charge is -2.26. The Kier molecular flexibility index (Phi) is 12.8. The molecule has 0 fully saturated rings. The number of thioether (sulfide) groups is 2. The molecule has 0 spiro atoms. The average molecular weight is 953 g/mol. The van der Waals surface area contributed by atoms with E-state index >= 15 is 0 Å². The summed E-state index contributed by atoms with van der Waals surface area (Å²) in [5, 5.41) is 4.24. The van der Waals surface area contributed by atoms with Crippen LogP contribution >= 0.6 is 23.5 Å². The fourth-order valence-electron chi connectivity index (χ4n) is 7.91. The van der Waals surface area contributed by atoms with Gasteiger partial charge in [0.15, 0.2) is 12.4 Å². The van der Waals surface area contributed by atoms with E-state index in [9.17, 15) is 16.8 Å². The summed E-state index contributed by atoms with van der Waals surface area (Å²) in [5.41, 5.74) is 6.26. The number of sulfonamides is 2. The molecule has 0 atom stereocenters. The molecule has 6 aromatic rings. The zero-order valence-corrected chi connectivity index (χ0v) is 42.2. The van der Waals surface area contributed by atoms with Crippen LogP contribution in [0.1, 0.15) is 11.1 Å². The number of hydrogen-bond donors (Lipinski definition) is 0. The number of aromatic nitrogens is 2. The molecule has 0 amide bonds. The lowest BCUT2D eigenvalue weighted by atomic mass is 10.1. The monoisotopic (exact) mass is 952 g/mol. The van der Waals surface area contributed by atoms with Gasteiger partial charge in [0.25, 0.3) is 0 Å². The number of fused-ring (bicyclic) bond motifs is 4. The molecule has 0 radical (unpaired) electrons. The van der Waals surface area contributed by atoms with Crippen LogP contribution in [0.25, 0.3) is 34.0 Å². The highest BCUT2D eigenvalue weighted by atomic mass is 32.2. The van der Waals surface area contributed by atoms with Gasteiger partial charge in [0.1, 0.15) is 0 Å². The van der Waals surface area contributed by atoms with E-state index in [1.807, 2.05) is 26.2 Å². The number of quaternary nitrogens is 2. The van der Waals surface area contributed by atoms with Crippen LogP contribution in [0.15, 0.2) is 139 Å². The Balaban J connectivity index is 1.03. The molecule has 0 bridgehead atoms. The van der Waals surface area contributed by atoms with Crippen LogP contribution in [0.3, 0.4) is 0 Å². The molecule has 0 saturated carbocycles. The third-order valence-corrected chi connectivity index (χ3v) is 18.0. The van der Waals surface area contributed by atoms with E-state index in [1.165, 1.54) is 8.61 Å². The predicted molar refractivity (Wildman–Crippen MR) is 266 cm³/mol. The van der Waals surface area contributed by atoms with Gasteiger partial charge in [0.2, 0.25) is 31.1 Å². The Hall–Kier alpha value is -4.78. The fourth-order valence-corrected chi connectivity index (χ4v) is 12.7. The molecule has 16 heteroatoms. The number of hydrogen-bond acceptors (Lipinski definition) is 8. The summed E-state index contributed by atoms with van der Waals surface area (Å²) in [7, 11) is 12.4. The van der Waals surface area contributed by atoms with E-state index in [1.54, 1.807) is 61.9 Å². The van der Waals surface area contributed by atoms with E-state index in [0.717, 1.165) is 64.2 Å². The topological polar surface area (TPSA) is 89.0 Å². The molecule has 0 N–H and O–H groups in total. The van der Waals surface area contributed by atoms with Gasteiger partial charge in [-0.25, -0.2) is 16.8 Å². The van der Waals surface area contributed by atoms with Crippen molar-refractivity contribution in [2.75, 3.05) is 106 Å². The number of likely N-dealkylation sites (N-methyl/N-ethyl adjacent to an activating group) is 4. The van der Waals surface area contributed by atoms with Gasteiger partial charge in [-0.3, -0.25) is 0 Å². The third kappa shape index (κ3) is 9.72. The maximum absolute atomic E-state index is 13.6. The largest absolute Gasteiger partial charge is 0.344 e. The highest BCUT2D eigenvalue weighted by molar-refractivity contribution is 8.04. The van der Waals surface area contributed by atoms with Crippen molar-refractivity contribution < 1.29 is 34.9 Å². The number of rotatable bonds is 14. The van der Waals surface area contributed by atoms with Crippen LogP contribution in [-0.2, 0) is 26.7 Å². The number of para-hydroxylation sites is 2. The van der Waals surface area contributed by atoms with Crippen LogP contribution in [0.2, 0.25) is 0 Å². The summed E-state index contributed by atoms with van der Waals surface area (Å²) in [6.45, 7) is 2.86. The molecule has 4 aromatic carbocycles. The van der Waals surface area contributed by atoms with Crippen molar-refractivity contribution in [3.63, 3.8) is 0 Å². The van der Waals surface area contributed by atoms with Gasteiger partial charge >= 0.3 is 6.67 Å². The first-order chi connectivity index (χ1) is 30.6. The molecule has 4 heterocycles. The van der Waals surface area contributed by atoms with Gasteiger partial charge in [0, 0.05) is 62.2 Å². The molecule has 2 aromatic heterocycles. The minimum absolute atomic E-state index is 0.303. The molecule has 0 aliphatic carbocycles. The first-order valence-electron chi connectivity index (χ1n) is 21.5. The van der Waals surface area contributed by atoms with E-state index in [0.29, 0.717) is 51.6 Å². The van der Waals surface area contributed by atoms with Crippen molar-refractivity contribution in [2.45, 2.75) is 26.3 Å². The Labute approximate surface area is 393 Å². The Morgan fingerprint density at radius 3 is 1.34 bits per heavy atom. The smallest absolute Gasteiger partial charge is 0.338 e. The third-order valence-electron chi connectivity index (χ3n) is 12.0. The Morgan fingerprint density at radius 2 is 0.954 bits per heavy atom. The zero-order chi connectivity index (χ0) is 46.6. The van der Waals surface area contributed by atoms with Crippen molar-refractivity contribution in [1.82, 2.24) is 8.61 Å². The van der Waals surface area contributed by atoms with Gasteiger partial charge in [-0.05, 0) is 71.8 Å². The maximum Gasteiger partial charge on any atom is 0.344 e. The van der Waals surface area contributed by atoms with Crippen molar-refractivity contribution in [1.29, 1.82) is 0 Å². The lowest BCUT2D eigenvalue weighted by Crippen LogP contribution is -2.52. The highest BCUT2D eigenvalue weighted by Crippen LogP contribution is 2.48. The first kappa shape index (κ1) is 46.7. The summed E-state index contributed by atoms with van der Waals surface area (Å²) < 4.78 is 63.0. The van der Waals surface area contributed by atoms with Crippen LogP contribution in [0, 0.1) is 0 Å². The highest BCUT2D eigenvalue weighted by Gasteiger charge is 2.31. The molecular formula is C49H60N8O4S4+4. The van der Waals surface area contributed by atoms with Crippen LogP contribution in [-0.4, -0.2) is 131 Å². The van der Waals surface area contributed by atoms with Crippen molar-refractivity contribution in [2.24, 2.45) is 0 Å². The van der Waals surface area contributed by atoms with Crippen LogP contribution in [0.5, 0.6) is 0 Å². The minimum atomic E-state index is -3.64. The molecule has 65 heavy (non-hydrogen) atoms. The van der Waals surface area contributed by atoms with E-state index in [4.69, 9.17) is 0 Å². The lowest BCUT2D eigenvalue weighted by molar-refractivity contribution is -0.890. The fraction of sp³-hybridized carbons (Fsp3) is 0.306. The van der Waals surface area contributed by atoms with Gasteiger partial charge in [-0.1, -0.05) is 47.8 Å². The SMILES string of the molecule is CN1C(=Cc2cc[n+](C[n+]3ccc(C=C4Sc5cc(S(=O)(=O)N(C)CC[N+](C)(C)C)ccc5N4C)c4ccccc43)c3ccccc23)Sc2cc(S(=O)(=O)N(C)CC[N+](C)(C)C)ccc21. The second kappa shape index (κ2) is 17.8. The van der Waals surface area contributed by atoms with Gasteiger partial charge in [0.05, 0.1) is 110 Å². The summed E-state index contributed by atoms with van der Waals surface area (Å²) in [6.07, 6.45) is 8.64. The van der Waals surface area contributed by atoms with Gasteiger partial charge in [-0.15, -0.1) is 9.13 Å². The van der Waals surface area contributed by atoms with E-state index < -0.39 is 20.0 Å². The quantitative estimate of drug-likeness (QED) is 0.0871. The molecule has 2 aliphatic rings. The number of anilines is 2. The average Bonchev–Trinajstić information content (AvgIpc) is 3.75. The number of nitrogens with zero attached hydrogens (tertiary/aromatic N) is 8. The number of benzene rings is 4. The molecule has 0 unspecified atom stereocenters. The summed E-state index contributed by atoms with van der Waals surface area (Å²) in [5.74, 6) is 0. The summed E-state index contributed by atoms with van der Waals surface area (Å²) in [6, 6.07) is 32.0. The zero-order valence-electron chi connectivity index (χ0n) is 38.9. The maximum atomic E-state index is 13.6. The van der Waals surface area contributed by atoms with Crippen LogP contribution < -0.4 is 18.9 Å². The van der Waals surface area contributed by atoms with Crippen molar-refractivity contribution in [3.05, 3.63) is 131 Å². The van der Waals surface area contributed by atoms with Crippen LogP contribution in [0.4, 0.5) is 11.4 Å². The Morgan fingerprint density at radius 1 is 0.569 bits per heavy atom. The van der Waals surface area contributed by atoms with Crippen molar-refractivity contribution in [3.8, 4) is 0 Å². The molecule has 2 aliphatic heterocycles. The number of pyridine rings is 2. The first-order valence-corrected chi connectivity index (χ1v) is 26.0. The van der Waals surface area contributed by atoms with Crippen molar-refractivity contribution >= 4 is 88.9 Å². The minimum Gasteiger partial charge on any atom is -0.338 e. The Bertz CT molecular complexity index is 2920. The summed E-state index contributed by atoms with van der Waals surface area (Å²) >= 11 is 3.17. The van der Waals surface area contributed by atoms with E-state index in [2.05, 4.69) is 146 Å². The van der Waals surface area contributed by atoms with Gasteiger partial charge < -0.3 is 18.8 Å². The molecule has 8 rings (SSSR count). The normalized spacial score (nSPS) is 15.9. The molecule has 12 nitrogen and oxygen atoms in total.